The number of Topliss-reactive ketones (excluding diaryl/α,β-unsaturated/α-hetero) is 1. The molecule has 0 aromatic carbocycles. The maximum atomic E-state index is 12.7. The quantitative estimate of drug-likeness (QED) is 0.433. The van der Waals surface area contributed by atoms with Crippen molar-refractivity contribution >= 4 is 46.7 Å². The van der Waals surface area contributed by atoms with Crippen molar-refractivity contribution in [1.29, 1.82) is 0 Å². The van der Waals surface area contributed by atoms with Gasteiger partial charge < -0.3 is 4.74 Å². The lowest BCUT2D eigenvalue weighted by Crippen LogP contribution is -2.29. The van der Waals surface area contributed by atoms with E-state index in [1.54, 1.807) is 6.92 Å². The monoisotopic (exact) mass is 262 g/mol. The standard InChI is InChI=1S/C7H9Cl2FO3S/c1-3-13-6(12)5(4(2)11)14-7(8,9)10/h5H,3H2,1-2H3. The largest absolute Gasteiger partial charge is 0.465 e. The maximum absolute atomic E-state index is 12.7. The second-order valence-corrected chi connectivity index (χ2v) is 5.26. The van der Waals surface area contributed by atoms with Gasteiger partial charge in [0.25, 0.3) is 0 Å². The zero-order valence-electron chi connectivity index (χ0n) is 7.55. The van der Waals surface area contributed by atoms with Gasteiger partial charge in [-0.1, -0.05) is 35.0 Å². The second-order valence-electron chi connectivity index (χ2n) is 2.31. The van der Waals surface area contributed by atoms with Crippen LogP contribution < -0.4 is 0 Å². The van der Waals surface area contributed by atoms with Crippen LogP contribution >= 0.6 is 35.0 Å². The second kappa shape index (κ2) is 5.78. The molecule has 0 aliphatic heterocycles. The molecule has 1 atom stereocenters. The van der Waals surface area contributed by atoms with E-state index in [1.807, 2.05) is 0 Å². The molecule has 82 valence electrons. The Morgan fingerprint density at radius 2 is 2.07 bits per heavy atom. The number of ketones is 1. The Balaban J connectivity index is 4.45. The van der Waals surface area contributed by atoms with E-state index in [-0.39, 0.29) is 18.4 Å². The number of esters is 1. The molecular weight excluding hydrogens is 254 g/mol. The molecule has 0 radical (unpaired) electrons. The van der Waals surface area contributed by atoms with Gasteiger partial charge in [-0.15, -0.1) is 0 Å². The molecular formula is C7H9Cl2FO3S. The molecule has 0 spiro atoms. The zero-order valence-corrected chi connectivity index (χ0v) is 9.88. The Morgan fingerprint density at radius 1 is 1.57 bits per heavy atom. The summed E-state index contributed by atoms with van der Waals surface area (Å²) in [5.41, 5.74) is 0. The molecule has 0 amide bonds. The molecule has 0 bridgehead atoms. The average Bonchev–Trinajstić information content (AvgIpc) is 1.98. The highest BCUT2D eigenvalue weighted by Gasteiger charge is 2.36. The van der Waals surface area contributed by atoms with Crippen LogP contribution in [-0.4, -0.2) is 27.5 Å². The molecule has 7 heteroatoms. The molecule has 0 aliphatic rings. The van der Waals surface area contributed by atoms with Crippen molar-refractivity contribution in [3.63, 3.8) is 0 Å². The van der Waals surface area contributed by atoms with Crippen LogP contribution in [0.15, 0.2) is 0 Å². The van der Waals surface area contributed by atoms with Gasteiger partial charge in [0.15, 0.2) is 11.0 Å². The van der Waals surface area contributed by atoms with Crippen molar-refractivity contribution in [2.75, 3.05) is 6.61 Å². The highest BCUT2D eigenvalue weighted by atomic mass is 35.5. The molecule has 0 saturated heterocycles. The highest BCUT2D eigenvalue weighted by Crippen LogP contribution is 2.39. The van der Waals surface area contributed by atoms with Gasteiger partial charge >= 0.3 is 9.89 Å². The topological polar surface area (TPSA) is 43.4 Å². The third kappa shape index (κ3) is 5.67. The molecule has 0 N–H and O–H groups in total. The molecule has 14 heavy (non-hydrogen) atoms. The number of rotatable bonds is 5. The lowest BCUT2D eigenvalue weighted by Gasteiger charge is -2.15. The Kier molecular flexibility index (Phi) is 5.78. The summed E-state index contributed by atoms with van der Waals surface area (Å²) in [5.74, 6) is -1.40. The first-order valence-corrected chi connectivity index (χ1v) is 5.33. The van der Waals surface area contributed by atoms with E-state index in [0.29, 0.717) is 0 Å². The number of carbonyl (C=O) groups is 2. The van der Waals surface area contributed by atoms with Crippen molar-refractivity contribution in [2.24, 2.45) is 0 Å². The van der Waals surface area contributed by atoms with E-state index >= 15 is 0 Å². The van der Waals surface area contributed by atoms with E-state index in [4.69, 9.17) is 23.2 Å². The van der Waals surface area contributed by atoms with Crippen LogP contribution in [0.2, 0.25) is 0 Å². The summed E-state index contributed by atoms with van der Waals surface area (Å²) >= 11 is 10.2. The third-order valence-corrected chi connectivity index (χ3v) is 2.68. The molecule has 3 nitrogen and oxygen atoms in total. The molecule has 0 fully saturated rings. The summed E-state index contributed by atoms with van der Waals surface area (Å²) in [6, 6.07) is 0. The van der Waals surface area contributed by atoms with Gasteiger partial charge in [-0.2, -0.15) is 4.39 Å². The van der Waals surface area contributed by atoms with Crippen LogP contribution in [0.5, 0.6) is 0 Å². The lowest BCUT2D eigenvalue weighted by molar-refractivity contribution is -0.144. The number of hydrogen-bond acceptors (Lipinski definition) is 4. The lowest BCUT2D eigenvalue weighted by atomic mass is 10.3. The Labute approximate surface area is 95.3 Å². The van der Waals surface area contributed by atoms with Crippen molar-refractivity contribution < 1.29 is 18.7 Å². The summed E-state index contributed by atoms with van der Waals surface area (Å²) < 4.78 is 14.6. The fourth-order valence-electron chi connectivity index (χ4n) is 0.649. The van der Waals surface area contributed by atoms with E-state index in [9.17, 15) is 14.0 Å². The summed E-state index contributed by atoms with van der Waals surface area (Å²) in [7, 11) is 0. The minimum atomic E-state index is -2.68. The minimum Gasteiger partial charge on any atom is -0.465 e. The minimum absolute atomic E-state index is 0.104. The predicted octanol–water partition coefficient (Wildman–Crippen LogP) is 2.30. The maximum Gasteiger partial charge on any atom is 0.326 e. The van der Waals surface area contributed by atoms with Gasteiger partial charge in [0.05, 0.1) is 6.61 Å². The van der Waals surface area contributed by atoms with Crippen molar-refractivity contribution in [2.45, 2.75) is 23.0 Å². The van der Waals surface area contributed by atoms with Gasteiger partial charge in [0, 0.05) is 0 Å². The number of thioether (sulfide) groups is 1. The van der Waals surface area contributed by atoms with Crippen molar-refractivity contribution in [3.8, 4) is 0 Å². The van der Waals surface area contributed by atoms with E-state index in [2.05, 4.69) is 4.74 Å². The Bertz CT molecular complexity index is 229. The van der Waals surface area contributed by atoms with Crippen LogP contribution in [0.25, 0.3) is 0 Å². The summed E-state index contributed by atoms with van der Waals surface area (Å²) in [6.45, 7) is 2.81. The van der Waals surface area contributed by atoms with Crippen LogP contribution in [0.4, 0.5) is 4.39 Å². The van der Waals surface area contributed by atoms with Crippen LogP contribution in [-0.2, 0) is 14.3 Å². The first-order chi connectivity index (χ1) is 6.28. The van der Waals surface area contributed by atoms with E-state index in [1.165, 1.54) is 0 Å². The Hall–Kier alpha value is -0.000000000000000111. The van der Waals surface area contributed by atoms with Gasteiger partial charge in [-0.3, -0.25) is 9.59 Å². The zero-order chi connectivity index (χ0) is 11.4. The number of hydrogen-bond donors (Lipinski definition) is 0. The number of ether oxygens (including phenoxy) is 1. The average molecular weight is 263 g/mol. The van der Waals surface area contributed by atoms with Crippen molar-refractivity contribution in [3.05, 3.63) is 0 Å². The molecule has 0 heterocycles. The highest BCUT2D eigenvalue weighted by molar-refractivity contribution is 8.04. The first kappa shape index (κ1) is 14.0. The van der Waals surface area contributed by atoms with Crippen LogP contribution in [0.3, 0.4) is 0 Å². The fourth-order valence-corrected chi connectivity index (χ4v) is 1.78. The van der Waals surface area contributed by atoms with Crippen molar-refractivity contribution in [1.82, 2.24) is 0 Å². The van der Waals surface area contributed by atoms with E-state index < -0.39 is 20.9 Å². The smallest absolute Gasteiger partial charge is 0.326 e. The van der Waals surface area contributed by atoms with Gasteiger partial charge in [-0.25, -0.2) is 0 Å². The molecule has 0 saturated carbocycles. The van der Waals surface area contributed by atoms with E-state index in [0.717, 1.165) is 6.92 Å². The Morgan fingerprint density at radius 3 is 2.36 bits per heavy atom. The number of carbonyl (C=O) groups excluding carboxylic acids is 2. The van der Waals surface area contributed by atoms with Gasteiger partial charge in [0.2, 0.25) is 0 Å². The van der Waals surface area contributed by atoms with Gasteiger partial charge in [-0.05, 0) is 13.8 Å². The summed E-state index contributed by atoms with van der Waals surface area (Å²) in [6.07, 6.45) is 0. The predicted molar refractivity (Wildman–Crippen MR) is 54.2 cm³/mol. The molecule has 1 unspecified atom stereocenters. The molecule has 0 aromatic rings. The number of alkyl halides is 3. The first-order valence-electron chi connectivity index (χ1n) is 3.69. The molecule has 0 rings (SSSR count). The summed E-state index contributed by atoms with van der Waals surface area (Å²) in [4.78, 5) is 22.0. The van der Waals surface area contributed by atoms with Crippen LogP contribution in [0, 0.1) is 0 Å². The SMILES string of the molecule is CCOC(=O)C(SC(F)(Cl)Cl)C(C)=O. The molecule has 0 aliphatic carbocycles. The van der Waals surface area contributed by atoms with Gasteiger partial charge in [0.1, 0.15) is 0 Å². The number of halogens is 3. The van der Waals surface area contributed by atoms with Crippen LogP contribution in [0.1, 0.15) is 13.8 Å². The third-order valence-electron chi connectivity index (χ3n) is 1.12. The summed E-state index contributed by atoms with van der Waals surface area (Å²) in [5, 5.41) is -1.32. The fraction of sp³-hybridized carbons (Fsp3) is 0.714. The molecule has 0 aromatic heterocycles. The normalized spacial score (nSPS) is 13.5.